The normalized spacial score (nSPS) is 20.3. The number of methoxy groups -OCH3 is 1. The van der Waals surface area contributed by atoms with E-state index < -0.39 is 0 Å². The molecule has 4 heteroatoms. The Labute approximate surface area is 115 Å². The van der Waals surface area contributed by atoms with Gasteiger partial charge in [0.25, 0.3) is 0 Å². The highest BCUT2D eigenvalue weighted by molar-refractivity contribution is 5.38. The lowest BCUT2D eigenvalue weighted by molar-refractivity contribution is 0.0771. The molecule has 1 aromatic heterocycles. The highest BCUT2D eigenvalue weighted by atomic mass is 16.5. The second-order valence-corrected chi connectivity index (χ2v) is 5.73. The molecule has 2 aliphatic carbocycles. The molecule has 2 saturated carbocycles. The first-order valence-corrected chi connectivity index (χ1v) is 7.47. The minimum atomic E-state index is 0.0841. The standard InChI is InChI=1S/C15H23N3O/c1-3-8-16-13-9-12(10-4-5-10)17-15(18-13)14(19-2)11-6-7-11/h9-11,14H,3-8H2,1-2H3,(H,16,17,18). The molecule has 0 aliphatic heterocycles. The van der Waals surface area contributed by atoms with Crippen molar-refractivity contribution in [2.75, 3.05) is 19.0 Å². The van der Waals surface area contributed by atoms with Crippen LogP contribution in [0.3, 0.4) is 0 Å². The molecule has 0 bridgehead atoms. The summed E-state index contributed by atoms with van der Waals surface area (Å²) in [4.78, 5) is 9.43. The second kappa shape index (κ2) is 5.45. The van der Waals surface area contributed by atoms with E-state index in [4.69, 9.17) is 9.72 Å². The van der Waals surface area contributed by atoms with Crippen LogP contribution < -0.4 is 5.32 Å². The summed E-state index contributed by atoms with van der Waals surface area (Å²) in [6.45, 7) is 3.13. The van der Waals surface area contributed by atoms with Crippen molar-refractivity contribution in [3.63, 3.8) is 0 Å². The first-order chi connectivity index (χ1) is 9.31. The average molecular weight is 261 g/mol. The number of nitrogens with zero attached hydrogens (tertiary/aromatic N) is 2. The van der Waals surface area contributed by atoms with Gasteiger partial charge in [0.15, 0.2) is 5.82 Å². The van der Waals surface area contributed by atoms with Gasteiger partial charge in [-0.3, -0.25) is 0 Å². The van der Waals surface area contributed by atoms with E-state index in [0.717, 1.165) is 24.6 Å². The SMILES string of the molecule is CCCNc1cc(C2CC2)nc(C(OC)C2CC2)n1. The smallest absolute Gasteiger partial charge is 0.160 e. The van der Waals surface area contributed by atoms with Crippen LogP contribution in [0.5, 0.6) is 0 Å². The van der Waals surface area contributed by atoms with E-state index in [1.807, 2.05) is 0 Å². The fourth-order valence-electron chi connectivity index (χ4n) is 2.45. The zero-order valence-electron chi connectivity index (χ0n) is 11.9. The molecule has 2 aliphatic rings. The Morgan fingerprint density at radius 1 is 1.32 bits per heavy atom. The summed E-state index contributed by atoms with van der Waals surface area (Å²) in [5.41, 5.74) is 1.20. The lowest BCUT2D eigenvalue weighted by Crippen LogP contribution is -2.13. The Morgan fingerprint density at radius 3 is 2.68 bits per heavy atom. The van der Waals surface area contributed by atoms with Gasteiger partial charge in [-0.2, -0.15) is 0 Å². The van der Waals surface area contributed by atoms with E-state index >= 15 is 0 Å². The van der Waals surface area contributed by atoms with Gasteiger partial charge in [-0.05, 0) is 38.0 Å². The molecule has 0 amide bonds. The van der Waals surface area contributed by atoms with Crippen LogP contribution in [-0.2, 0) is 4.74 Å². The lowest BCUT2D eigenvalue weighted by atomic mass is 10.2. The predicted molar refractivity (Wildman–Crippen MR) is 75.3 cm³/mol. The van der Waals surface area contributed by atoms with Crippen molar-refractivity contribution in [3.05, 3.63) is 17.6 Å². The number of nitrogens with one attached hydrogen (secondary N) is 1. The third-order valence-electron chi connectivity index (χ3n) is 3.87. The molecule has 2 fully saturated rings. The molecule has 0 saturated heterocycles. The maximum absolute atomic E-state index is 5.62. The van der Waals surface area contributed by atoms with Crippen LogP contribution in [0.4, 0.5) is 5.82 Å². The molecule has 1 N–H and O–H groups in total. The summed E-state index contributed by atoms with van der Waals surface area (Å²) in [5, 5.41) is 3.39. The fourth-order valence-corrected chi connectivity index (χ4v) is 2.45. The topological polar surface area (TPSA) is 47.0 Å². The van der Waals surface area contributed by atoms with Crippen LogP contribution in [0, 0.1) is 5.92 Å². The van der Waals surface area contributed by atoms with Gasteiger partial charge in [-0.1, -0.05) is 6.92 Å². The quantitative estimate of drug-likeness (QED) is 0.818. The van der Waals surface area contributed by atoms with Gasteiger partial charge in [0.05, 0.1) is 0 Å². The lowest BCUT2D eigenvalue weighted by Gasteiger charge is -2.16. The van der Waals surface area contributed by atoms with Gasteiger partial charge >= 0.3 is 0 Å². The Kier molecular flexibility index (Phi) is 3.69. The second-order valence-electron chi connectivity index (χ2n) is 5.73. The minimum absolute atomic E-state index is 0.0841. The third kappa shape index (κ3) is 3.06. The summed E-state index contributed by atoms with van der Waals surface area (Å²) in [7, 11) is 1.77. The molecule has 19 heavy (non-hydrogen) atoms. The van der Waals surface area contributed by atoms with Crippen LogP contribution in [0.2, 0.25) is 0 Å². The van der Waals surface area contributed by atoms with E-state index in [-0.39, 0.29) is 6.10 Å². The zero-order valence-corrected chi connectivity index (χ0v) is 11.9. The highest BCUT2D eigenvalue weighted by Gasteiger charge is 2.35. The van der Waals surface area contributed by atoms with Crippen LogP contribution in [0.25, 0.3) is 0 Å². The Bertz CT molecular complexity index is 441. The van der Waals surface area contributed by atoms with Crippen molar-refractivity contribution in [1.82, 2.24) is 9.97 Å². The predicted octanol–water partition coefficient (Wildman–Crippen LogP) is 3.27. The summed E-state index contributed by atoms with van der Waals surface area (Å²) < 4.78 is 5.62. The van der Waals surface area contributed by atoms with E-state index in [1.54, 1.807) is 7.11 Å². The van der Waals surface area contributed by atoms with Crippen molar-refractivity contribution in [3.8, 4) is 0 Å². The van der Waals surface area contributed by atoms with Crippen molar-refractivity contribution in [2.45, 2.75) is 51.0 Å². The molecular weight excluding hydrogens is 238 g/mol. The number of rotatable bonds is 7. The van der Waals surface area contributed by atoms with Crippen LogP contribution in [0.1, 0.15) is 62.6 Å². The van der Waals surface area contributed by atoms with E-state index in [9.17, 15) is 0 Å². The molecule has 1 aromatic rings. The number of aromatic nitrogens is 2. The van der Waals surface area contributed by atoms with Gasteiger partial charge in [-0.25, -0.2) is 9.97 Å². The molecule has 0 aromatic carbocycles. The van der Waals surface area contributed by atoms with Gasteiger partial charge in [-0.15, -0.1) is 0 Å². The Balaban J connectivity index is 1.85. The molecule has 0 radical (unpaired) electrons. The van der Waals surface area contributed by atoms with Gasteiger partial charge in [0.2, 0.25) is 0 Å². The maximum Gasteiger partial charge on any atom is 0.160 e. The average Bonchev–Trinajstić information content (AvgIpc) is 3.29. The van der Waals surface area contributed by atoms with E-state index in [0.29, 0.717) is 11.8 Å². The van der Waals surface area contributed by atoms with E-state index in [2.05, 4.69) is 23.3 Å². The van der Waals surface area contributed by atoms with Gasteiger partial charge in [0.1, 0.15) is 11.9 Å². The minimum Gasteiger partial charge on any atom is -0.373 e. The summed E-state index contributed by atoms with van der Waals surface area (Å²) >= 11 is 0. The number of hydrogen-bond donors (Lipinski definition) is 1. The van der Waals surface area contributed by atoms with Crippen molar-refractivity contribution in [2.24, 2.45) is 5.92 Å². The molecule has 3 rings (SSSR count). The Hall–Kier alpha value is -1.16. The van der Waals surface area contributed by atoms with E-state index in [1.165, 1.54) is 31.4 Å². The van der Waals surface area contributed by atoms with Gasteiger partial charge in [0, 0.05) is 31.3 Å². The largest absolute Gasteiger partial charge is 0.373 e. The Morgan fingerprint density at radius 2 is 2.11 bits per heavy atom. The maximum atomic E-state index is 5.62. The molecule has 4 nitrogen and oxygen atoms in total. The number of anilines is 1. The molecular formula is C15H23N3O. The molecule has 1 atom stereocenters. The molecule has 1 heterocycles. The van der Waals surface area contributed by atoms with Gasteiger partial charge < -0.3 is 10.1 Å². The molecule has 1 unspecified atom stereocenters. The van der Waals surface area contributed by atoms with Crippen molar-refractivity contribution >= 4 is 5.82 Å². The highest BCUT2D eigenvalue weighted by Crippen LogP contribution is 2.44. The molecule has 104 valence electrons. The zero-order chi connectivity index (χ0) is 13.2. The number of ether oxygens (including phenoxy) is 1. The fraction of sp³-hybridized carbons (Fsp3) is 0.733. The summed E-state index contributed by atoms with van der Waals surface area (Å²) in [6.07, 6.45) is 6.21. The third-order valence-corrected chi connectivity index (χ3v) is 3.87. The van der Waals surface area contributed by atoms with Crippen LogP contribution >= 0.6 is 0 Å². The monoisotopic (exact) mass is 261 g/mol. The number of hydrogen-bond acceptors (Lipinski definition) is 4. The molecule has 0 spiro atoms. The van der Waals surface area contributed by atoms with Crippen molar-refractivity contribution in [1.29, 1.82) is 0 Å². The van der Waals surface area contributed by atoms with Crippen LogP contribution in [-0.4, -0.2) is 23.6 Å². The van der Waals surface area contributed by atoms with Crippen molar-refractivity contribution < 1.29 is 4.74 Å². The summed E-state index contributed by atoms with van der Waals surface area (Å²) in [5.74, 6) is 3.13. The van der Waals surface area contributed by atoms with Crippen LogP contribution in [0.15, 0.2) is 6.07 Å². The first-order valence-electron chi connectivity index (χ1n) is 7.47. The summed E-state index contributed by atoms with van der Waals surface area (Å²) in [6, 6.07) is 2.12. The first kappa shape index (κ1) is 12.9.